The van der Waals surface area contributed by atoms with Gasteiger partial charge in [0.15, 0.2) is 11.5 Å². The maximum absolute atomic E-state index is 13.5. The van der Waals surface area contributed by atoms with Gasteiger partial charge in [-0.15, -0.1) is 11.3 Å². The largest absolute Gasteiger partial charge is 0.493 e. The van der Waals surface area contributed by atoms with E-state index in [0.717, 1.165) is 0 Å². The molecule has 0 aliphatic heterocycles. The number of benzene rings is 2. The summed E-state index contributed by atoms with van der Waals surface area (Å²) in [5.74, 6) is 0.486. The topological polar surface area (TPSA) is 86.5 Å². The molecule has 1 amide bonds. The van der Waals surface area contributed by atoms with Gasteiger partial charge in [0.1, 0.15) is 10.7 Å². The Bertz CT molecular complexity index is 1200. The minimum absolute atomic E-state index is 0.220. The lowest BCUT2D eigenvalue weighted by atomic mass is 10.1. The number of amides is 1. The molecule has 4 aromatic rings. The van der Waals surface area contributed by atoms with E-state index in [1.165, 1.54) is 37.7 Å². The van der Waals surface area contributed by atoms with Crippen molar-refractivity contribution in [2.24, 2.45) is 0 Å². The highest BCUT2D eigenvalue weighted by Gasteiger charge is 2.21. The van der Waals surface area contributed by atoms with Gasteiger partial charge in [-0.25, -0.2) is 4.39 Å². The van der Waals surface area contributed by atoms with Crippen LogP contribution in [0.15, 0.2) is 58.4 Å². The third-order valence-electron chi connectivity index (χ3n) is 4.26. The van der Waals surface area contributed by atoms with E-state index < -0.39 is 5.82 Å². The smallest absolute Gasteiger partial charge is 0.270 e. The zero-order valence-electron chi connectivity index (χ0n) is 16.0. The molecule has 0 saturated heterocycles. The summed E-state index contributed by atoms with van der Waals surface area (Å²) in [6, 6.07) is 12.7. The molecule has 0 saturated carbocycles. The molecular formula is C21H16FN3O4S. The summed E-state index contributed by atoms with van der Waals surface area (Å²) >= 11 is 1.33. The first-order valence-electron chi connectivity index (χ1n) is 8.80. The number of nitrogens with one attached hydrogen (secondary N) is 1. The zero-order valence-corrected chi connectivity index (χ0v) is 16.8. The molecule has 9 heteroatoms. The molecule has 2 aromatic heterocycles. The van der Waals surface area contributed by atoms with Crippen LogP contribution in [0.5, 0.6) is 11.5 Å². The average molecular weight is 425 g/mol. The zero-order chi connectivity index (χ0) is 21.1. The number of ether oxygens (including phenoxy) is 2. The number of methoxy groups -OCH3 is 2. The van der Waals surface area contributed by atoms with Gasteiger partial charge < -0.3 is 19.3 Å². The number of para-hydroxylation sites is 1. The fourth-order valence-electron chi connectivity index (χ4n) is 2.89. The number of hydrogen-bond acceptors (Lipinski definition) is 7. The Balaban J connectivity index is 1.61. The lowest BCUT2D eigenvalue weighted by molar-refractivity contribution is 0.102. The summed E-state index contributed by atoms with van der Waals surface area (Å²) in [5.41, 5.74) is 1.32. The number of rotatable bonds is 6. The monoisotopic (exact) mass is 425 g/mol. The number of carbonyl (C=O) groups excluding carboxylic acids is 1. The van der Waals surface area contributed by atoms with Gasteiger partial charge in [0.25, 0.3) is 11.8 Å². The molecule has 0 spiro atoms. The molecule has 2 heterocycles. The van der Waals surface area contributed by atoms with Crippen LogP contribution in [0.25, 0.3) is 22.2 Å². The van der Waals surface area contributed by atoms with Crippen molar-refractivity contribution < 1.29 is 23.2 Å². The van der Waals surface area contributed by atoms with Crippen molar-refractivity contribution >= 4 is 22.9 Å². The molecule has 0 fully saturated rings. The average Bonchev–Trinajstić information content (AvgIpc) is 3.42. The van der Waals surface area contributed by atoms with Crippen molar-refractivity contribution in [1.29, 1.82) is 0 Å². The number of halogens is 1. The van der Waals surface area contributed by atoms with Crippen LogP contribution >= 0.6 is 11.3 Å². The van der Waals surface area contributed by atoms with Crippen molar-refractivity contribution in [3.8, 4) is 33.7 Å². The van der Waals surface area contributed by atoms with Crippen LogP contribution in [0.1, 0.15) is 10.4 Å². The van der Waals surface area contributed by atoms with Gasteiger partial charge >= 0.3 is 0 Å². The highest BCUT2D eigenvalue weighted by Crippen LogP contribution is 2.36. The van der Waals surface area contributed by atoms with Gasteiger partial charge in [-0.05, 0) is 35.7 Å². The van der Waals surface area contributed by atoms with Gasteiger partial charge in [-0.1, -0.05) is 23.4 Å². The summed E-state index contributed by atoms with van der Waals surface area (Å²) in [6.45, 7) is 0. The molecule has 0 bridgehead atoms. The number of hydrogen-bond donors (Lipinski definition) is 1. The minimum Gasteiger partial charge on any atom is -0.493 e. The van der Waals surface area contributed by atoms with Crippen molar-refractivity contribution in [2.45, 2.75) is 0 Å². The van der Waals surface area contributed by atoms with Crippen molar-refractivity contribution in [3.63, 3.8) is 0 Å². The Kier molecular flexibility index (Phi) is 5.44. The number of nitrogens with zero attached hydrogens (tertiary/aromatic N) is 2. The Morgan fingerprint density at radius 3 is 2.73 bits per heavy atom. The van der Waals surface area contributed by atoms with Crippen LogP contribution in [-0.2, 0) is 0 Å². The molecule has 1 N–H and O–H groups in total. The predicted octanol–water partition coefficient (Wildman–Crippen LogP) is 4.87. The summed E-state index contributed by atoms with van der Waals surface area (Å²) in [6.07, 6.45) is 0. The third kappa shape index (κ3) is 3.74. The number of aromatic nitrogens is 2. The van der Waals surface area contributed by atoms with E-state index in [0.29, 0.717) is 33.2 Å². The van der Waals surface area contributed by atoms with Gasteiger partial charge in [0.2, 0.25) is 5.82 Å². The molecule has 0 radical (unpaired) electrons. The maximum Gasteiger partial charge on any atom is 0.270 e. The molecule has 2 aromatic carbocycles. The fraction of sp³-hybridized carbons (Fsp3) is 0.0952. The molecule has 0 aliphatic carbocycles. The van der Waals surface area contributed by atoms with E-state index in [9.17, 15) is 9.18 Å². The molecule has 0 atom stereocenters. The lowest BCUT2D eigenvalue weighted by Gasteiger charge is -2.12. The van der Waals surface area contributed by atoms with E-state index in [-0.39, 0.29) is 17.6 Å². The Morgan fingerprint density at radius 1 is 1.13 bits per heavy atom. The van der Waals surface area contributed by atoms with E-state index in [1.807, 2.05) is 0 Å². The molecule has 7 nitrogen and oxygen atoms in total. The van der Waals surface area contributed by atoms with Crippen LogP contribution in [-0.4, -0.2) is 30.3 Å². The predicted molar refractivity (Wildman–Crippen MR) is 111 cm³/mol. The van der Waals surface area contributed by atoms with Crippen LogP contribution in [0.2, 0.25) is 0 Å². The second-order valence-electron chi connectivity index (χ2n) is 6.09. The normalized spacial score (nSPS) is 10.6. The first kappa shape index (κ1) is 19.6. The fourth-order valence-corrected chi connectivity index (χ4v) is 3.66. The molecule has 152 valence electrons. The first-order chi connectivity index (χ1) is 14.6. The van der Waals surface area contributed by atoms with Crippen LogP contribution in [0, 0.1) is 5.82 Å². The number of carbonyl (C=O) groups is 1. The molecule has 30 heavy (non-hydrogen) atoms. The minimum atomic E-state index is -0.393. The van der Waals surface area contributed by atoms with E-state index >= 15 is 0 Å². The van der Waals surface area contributed by atoms with Crippen molar-refractivity contribution in [2.75, 3.05) is 19.5 Å². The second-order valence-corrected chi connectivity index (χ2v) is 7.01. The summed E-state index contributed by atoms with van der Waals surface area (Å²) < 4.78 is 29.4. The van der Waals surface area contributed by atoms with Crippen LogP contribution < -0.4 is 14.8 Å². The summed E-state index contributed by atoms with van der Waals surface area (Å²) in [7, 11) is 2.97. The van der Waals surface area contributed by atoms with Crippen molar-refractivity contribution in [3.05, 3.63) is 65.3 Å². The highest BCUT2D eigenvalue weighted by atomic mass is 32.1. The lowest BCUT2D eigenvalue weighted by Crippen LogP contribution is -2.13. The third-order valence-corrected chi connectivity index (χ3v) is 5.17. The quantitative estimate of drug-likeness (QED) is 0.474. The Morgan fingerprint density at radius 2 is 1.97 bits per heavy atom. The van der Waals surface area contributed by atoms with Crippen molar-refractivity contribution in [1.82, 2.24) is 10.1 Å². The molecular weight excluding hydrogens is 409 g/mol. The van der Waals surface area contributed by atoms with E-state index in [2.05, 4.69) is 15.5 Å². The summed E-state index contributed by atoms with van der Waals surface area (Å²) in [4.78, 5) is 17.8. The van der Waals surface area contributed by atoms with E-state index in [1.54, 1.807) is 41.8 Å². The van der Waals surface area contributed by atoms with Gasteiger partial charge in [-0.3, -0.25) is 4.79 Å². The SMILES string of the molecule is COc1cccc(C(=O)Nc2ccsc2-c2nc(-c3cccc(F)c3)no2)c1OC. The number of anilines is 1. The highest BCUT2D eigenvalue weighted by molar-refractivity contribution is 7.14. The second kappa shape index (κ2) is 8.34. The van der Waals surface area contributed by atoms with Gasteiger partial charge in [-0.2, -0.15) is 4.98 Å². The summed E-state index contributed by atoms with van der Waals surface area (Å²) in [5, 5.41) is 8.55. The van der Waals surface area contributed by atoms with Gasteiger partial charge in [0, 0.05) is 5.56 Å². The maximum atomic E-state index is 13.5. The van der Waals surface area contributed by atoms with Crippen LogP contribution in [0.3, 0.4) is 0 Å². The van der Waals surface area contributed by atoms with E-state index in [4.69, 9.17) is 14.0 Å². The standard InChI is InChI=1S/C21H16FN3O4S/c1-27-16-8-4-7-14(17(16)28-2)20(26)23-15-9-10-30-18(15)21-24-19(25-29-21)12-5-3-6-13(22)11-12/h3-11H,1-2H3,(H,23,26). The number of thiophene rings is 1. The molecule has 4 rings (SSSR count). The molecule has 0 aliphatic rings. The Labute approximate surface area is 175 Å². The first-order valence-corrected chi connectivity index (χ1v) is 9.68. The van der Waals surface area contributed by atoms with Crippen LogP contribution in [0.4, 0.5) is 10.1 Å². The van der Waals surface area contributed by atoms with Gasteiger partial charge in [0.05, 0.1) is 25.5 Å². The molecule has 0 unspecified atom stereocenters. The Hall–Kier alpha value is -3.72.